The minimum Gasteiger partial charge on any atom is -0.508 e. The zero-order valence-corrected chi connectivity index (χ0v) is 19.7. The summed E-state index contributed by atoms with van der Waals surface area (Å²) in [6.45, 7) is 0.912. The van der Waals surface area contributed by atoms with E-state index in [0.717, 1.165) is 0 Å². The van der Waals surface area contributed by atoms with E-state index >= 15 is 0 Å². The third-order valence-corrected chi connectivity index (χ3v) is 6.99. The first-order valence-electron chi connectivity index (χ1n) is 11.5. The van der Waals surface area contributed by atoms with Crippen molar-refractivity contribution in [2.24, 2.45) is 11.8 Å². The van der Waals surface area contributed by atoms with E-state index in [1.54, 1.807) is 6.92 Å². The fraction of sp³-hybridized carbons (Fsp3) is 0.583. The SMILES string of the molecule is COC(=O)C1=COC(O[C@@H]2O[C@H](CO)[C@@H](O)[C@H](O)[C@H]2OC(=O)c2ccc(O)cc2)C2C1CCC2(C)O. The van der Waals surface area contributed by atoms with Crippen LogP contribution in [0.4, 0.5) is 0 Å². The van der Waals surface area contributed by atoms with Crippen LogP contribution in [0.1, 0.15) is 30.1 Å². The van der Waals surface area contributed by atoms with Gasteiger partial charge < -0.3 is 49.2 Å². The molecule has 0 spiro atoms. The number of aromatic hydroxyl groups is 1. The number of carbonyl (C=O) groups excluding carboxylic acids is 2. The van der Waals surface area contributed by atoms with Crippen LogP contribution in [-0.4, -0.2) is 93.8 Å². The molecule has 0 bridgehead atoms. The fourth-order valence-electron chi connectivity index (χ4n) is 5.02. The van der Waals surface area contributed by atoms with Crippen molar-refractivity contribution in [3.8, 4) is 5.75 Å². The van der Waals surface area contributed by atoms with Gasteiger partial charge in [0.25, 0.3) is 0 Å². The highest BCUT2D eigenvalue weighted by atomic mass is 16.8. The largest absolute Gasteiger partial charge is 0.508 e. The number of esters is 2. The van der Waals surface area contributed by atoms with E-state index in [2.05, 4.69) is 0 Å². The lowest BCUT2D eigenvalue weighted by molar-refractivity contribution is -0.345. The molecule has 4 rings (SSSR count). The minimum atomic E-state index is -1.70. The maximum atomic E-state index is 12.7. The van der Waals surface area contributed by atoms with E-state index in [-0.39, 0.29) is 16.9 Å². The van der Waals surface area contributed by atoms with Crippen molar-refractivity contribution in [3.05, 3.63) is 41.7 Å². The number of hydrogen-bond acceptors (Lipinski definition) is 12. The molecular formula is C24H30O12. The van der Waals surface area contributed by atoms with Crippen LogP contribution in [0.25, 0.3) is 0 Å². The molecule has 1 saturated heterocycles. The number of fused-ring (bicyclic) bond motifs is 1. The zero-order chi connectivity index (χ0) is 26.2. The average molecular weight is 510 g/mol. The molecule has 3 aliphatic rings. The summed E-state index contributed by atoms with van der Waals surface area (Å²) < 4.78 is 27.5. The molecule has 2 heterocycles. The van der Waals surface area contributed by atoms with Crippen molar-refractivity contribution in [2.45, 2.75) is 62.4 Å². The number of phenols is 1. The summed E-state index contributed by atoms with van der Waals surface area (Å²) in [6, 6.07) is 5.16. The Hall–Kier alpha value is -2.74. The van der Waals surface area contributed by atoms with Crippen LogP contribution in [0.3, 0.4) is 0 Å². The molecule has 0 aromatic heterocycles. The van der Waals surface area contributed by atoms with Crippen LogP contribution in [0.2, 0.25) is 0 Å². The predicted octanol–water partition coefficient (Wildman–Crippen LogP) is -0.436. The molecule has 12 heteroatoms. The standard InChI is InChI=1S/C24H30O12/c1-24(31)8-7-13-14(21(30)32-2)10-33-22(16(13)24)36-23-19(18(28)17(27)15(9-25)34-23)35-20(29)11-3-5-12(26)6-4-11/h3-6,10,13,15-19,22-23,25-28,31H,7-9H2,1-2H3/t13?,15-,16?,17-,18+,19-,22?,23+,24?/m1/s1. The summed E-state index contributed by atoms with van der Waals surface area (Å²) >= 11 is 0. The topological polar surface area (TPSA) is 181 Å². The number of aliphatic hydroxyl groups is 4. The van der Waals surface area contributed by atoms with Gasteiger partial charge in [0.15, 0.2) is 6.10 Å². The highest BCUT2D eigenvalue weighted by Crippen LogP contribution is 2.49. The monoisotopic (exact) mass is 510 g/mol. The van der Waals surface area contributed by atoms with Crippen molar-refractivity contribution in [3.63, 3.8) is 0 Å². The number of phenolic OH excluding ortho intramolecular Hbond substituents is 1. The molecule has 1 aromatic carbocycles. The number of hydrogen-bond donors (Lipinski definition) is 5. The number of methoxy groups -OCH3 is 1. The van der Waals surface area contributed by atoms with Gasteiger partial charge in [-0.2, -0.15) is 0 Å². The predicted molar refractivity (Wildman–Crippen MR) is 118 cm³/mol. The summed E-state index contributed by atoms with van der Waals surface area (Å²) in [5, 5.41) is 51.2. The number of ether oxygens (including phenoxy) is 5. The first-order valence-corrected chi connectivity index (χ1v) is 11.5. The molecule has 1 aromatic rings. The van der Waals surface area contributed by atoms with Crippen molar-refractivity contribution in [2.75, 3.05) is 13.7 Å². The highest BCUT2D eigenvalue weighted by Gasteiger charge is 2.56. The first-order chi connectivity index (χ1) is 17.1. The second kappa shape index (κ2) is 10.3. The normalized spacial score (nSPS) is 37.9. The molecule has 1 saturated carbocycles. The smallest absolute Gasteiger partial charge is 0.338 e. The van der Waals surface area contributed by atoms with Gasteiger partial charge in [-0.1, -0.05) is 0 Å². The Morgan fingerprint density at radius 2 is 1.81 bits per heavy atom. The van der Waals surface area contributed by atoms with Gasteiger partial charge in [0.2, 0.25) is 12.6 Å². The summed E-state index contributed by atoms with van der Waals surface area (Å²) in [6.07, 6.45) is -6.85. The Balaban J connectivity index is 1.60. The average Bonchev–Trinajstić information content (AvgIpc) is 3.19. The maximum Gasteiger partial charge on any atom is 0.338 e. The van der Waals surface area contributed by atoms with Crippen LogP contribution in [0.15, 0.2) is 36.1 Å². The number of benzene rings is 1. The zero-order valence-electron chi connectivity index (χ0n) is 19.7. The van der Waals surface area contributed by atoms with Crippen LogP contribution >= 0.6 is 0 Å². The summed E-state index contributed by atoms with van der Waals surface area (Å²) in [4.78, 5) is 24.9. The lowest BCUT2D eigenvalue weighted by atomic mass is 9.81. The lowest BCUT2D eigenvalue weighted by Crippen LogP contribution is -2.62. The van der Waals surface area contributed by atoms with Crippen LogP contribution in [0.5, 0.6) is 5.75 Å². The van der Waals surface area contributed by atoms with E-state index in [1.165, 1.54) is 37.6 Å². The van der Waals surface area contributed by atoms with Gasteiger partial charge in [0.1, 0.15) is 24.1 Å². The van der Waals surface area contributed by atoms with Gasteiger partial charge in [0, 0.05) is 5.92 Å². The number of aliphatic hydroxyl groups excluding tert-OH is 3. The number of rotatable bonds is 6. The molecule has 5 N–H and O–H groups in total. The minimum absolute atomic E-state index is 0.0517. The van der Waals surface area contributed by atoms with Crippen LogP contribution in [0, 0.1) is 11.8 Å². The van der Waals surface area contributed by atoms with E-state index in [0.29, 0.717) is 12.8 Å². The molecule has 12 nitrogen and oxygen atoms in total. The molecule has 1 aliphatic carbocycles. The van der Waals surface area contributed by atoms with E-state index < -0.39 is 73.0 Å². The molecular weight excluding hydrogens is 480 g/mol. The Labute approximate surface area is 206 Å². The van der Waals surface area contributed by atoms with Crippen molar-refractivity contribution in [1.82, 2.24) is 0 Å². The molecule has 36 heavy (non-hydrogen) atoms. The number of carbonyl (C=O) groups is 2. The van der Waals surface area contributed by atoms with Gasteiger partial charge in [-0.25, -0.2) is 9.59 Å². The Morgan fingerprint density at radius 1 is 1.11 bits per heavy atom. The molecule has 2 aliphatic heterocycles. The molecule has 4 unspecified atom stereocenters. The third kappa shape index (κ3) is 4.92. The fourth-order valence-corrected chi connectivity index (χ4v) is 5.02. The first kappa shape index (κ1) is 26.3. The lowest BCUT2D eigenvalue weighted by Gasteiger charge is -2.45. The Bertz CT molecular complexity index is 989. The van der Waals surface area contributed by atoms with Crippen molar-refractivity contribution < 1.29 is 58.8 Å². The van der Waals surface area contributed by atoms with Gasteiger partial charge >= 0.3 is 11.9 Å². The maximum absolute atomic E-state index is 12.7. The van der Waals surface area contributed by atoms with Gasteiger partial charge in [-0.15, -0.1) is 0 Å². The molecule has 9 atom stereocenters. The third-order valence-electron chi connectivity index (χ3n) is 6.99. The van der Waals surface area contributed by atoms with Gasteiger partial charge in [-0.05, 0) is 44.0 Å². The van der Waals surface area contributed by atoms with Gasteiger partial charge in [0.05, 0.1) is 42.6 Å². The van der Waals surface area contributed by atoms with Crippen molar-refractivity contribution in [1.29, 1.82) is 0 Å². The molecule has 0 amide bonds. The van der Waals surface area contributed by atoms with Crippen LogP contribution in [-0.2, 0) is 28.5 Å². The molecule has 2 fully saturated rings. The second-order valence-electron chi connectivity index (χ2n) is 9.36. The summed E-state index contributed by atoms with van der Waals surface area (Å²) in [7, 11) is 1.23. The summed E-state index contributed by atoms with van der Waals surface area (Å²) in [5.41, 5.74) is -1.01. The van der Waals surface area contributed by atoms with E-state index in [9.17, 15) is 35.1 Å². The second-order valence-corrected chi connectivity index (χ2v) is 9.36. The molecule has 0 radical (unpaired) electrons. The summed E-state index contributed by atoms with van der Waals surface area (Å²) in [5.74, 6) is -2.77. The highest BCUT2D eigenvalue weighted by molar-refractivity contribution is 5.90. The molecule has 198 valence electrons. The Morgan fingerprint density at radius 3 is 2.44 bits per heavy atom. The van der Waals surface area contributed by atoms with Gasteiger partial charge in [-0.3, -0.25) is 0 Å². The van der Waals surface area contributed by atoms with E-state index in [1.807, 2.05) is 0 Å². The van der Waals surface area contributed by atoms with E-state index in [4.69, 9.17) is 23.7 Å². The van der Waals surface area contributed by atoms with Crippen LogP contribution < -0.4 is 0 Å². The quantitative estimate of drug-likeness (QED) is 0.312. The Kier molecular flexibility index (Phi) is 7.55. The van der Waals surface area contributed by atoms with Crippen molar-refractivity contribution >= 4 is 11.9 Å².